The zero-order chi connectivity index (χ0) is 13.7. The molecule has 0 radical (unpaired) electrons. The number of aliphatic hydroxyl groups excluding tert-OH is 1. The summed E-state index contributed by atoms with van der Waals surface area (Å²) < 4.78 is 0. The maximum atomic E-state index is 12.3. The predicted octanol–water partition coefficient (Wildman–Crippen LogP) is 2.55. The molecule has 1 aromatic rings. The Kier molecular flexibility index (Phi) is 2.59. The van der Waals surface area contributed by atoms with Crippen LogP contribution in [0.2, 0.25) is 0 Å². The zero-order valence-electron chi connectivity index (χ0n) is 11.0. The van der Waals surface area contributed by atoms with E-state index in [-0.39, 0.29) is 29.3 Å². The number of fused-ring (bicyclic) bond motifs is 2. The van der Waals surface area contributed by atoms with Crippen molar-refractivity contribution >= 4 is 11.6 Å². The normalized spacial score (nSPS) is 33.5. The number of carbonyl (C=O) groups excluding carboxylic acids is 2. The number of rotatable bonds is 1. The molecule has 4 atom stereocenters. The molecule has 0 aromatic heterocycles. The Labute approximate surface area is 111 Å². The Morgan fingerprint density at radius 3 is 2.53 bits per heavy atom. The van der Waals surface area contributed by atoms with E-state index in [0.717, 1.165) is 11.1 Å². The summed E-state index contributed by atoms with van der Waals surface area (Å²) in [6.07, 6.45) is 1.43. The standard InChI is InChI=1S/C16H16O3/c1-8-5-3-4-6-10(8)13-9(2)11-7-12(17)16(19)14(13)15(11)18/h3-7,9,11,13-14,17H,1-2H3/t9-,11-,13-,14+/m0/s1. The monoisotopic (exact) mass is 256 g/mol. The molecule has 1 aromatic carbocycles. The minimum absolute atomic E-state index is 0.0384. The SMILES string of the molecule is Cc1ccccc1[C@H]1[C@H]2C(=O)C(O)=C[C@H](C2=O)[C@@H]1C. The lowest BCUT2D eigenvalue weighted by Gasteiger charge is -2.22. The summed E-state index contributed by atoms with van der Waals surface area (Å²) in [6, 6.07) is 7.85. The Balaban J connectivity index is 2.13. The number of hydrogen-bond acceptors (Lipinski definition) is 3. The summed E-state index contributed by atoms with van der Waals surface area (Å²) in [5, 5.41) is 9.69. The van der Waals surface area contributed by atoms with Gasteiger partial charge >= 0.3 is 0 Å². The van der Waals surface area contributed by atoms with Crippen molar-refractivity contribution in [2.45, 2.75) is 19.8 Å². The fourth-order valence-corrected chi connectivity index (χ4v) is 3.53. The second kappa shape index (κ2) is 4.05. The number of aliphatic hydroxyl groups is 1. The molecule has 0 amide bonds. The number of benzene rings is 1. The molecule has 3 rings (SSSR count). The Morgan fingerprint density at radius 1 is 1.16 bits per heavy atom. The van der Waals surface area contributed by atoms with E-state index in [1.807, 2.05) is 38.1 Å². The van der Waals surface area contributed by atoms with E-state index in [2.05, 4.69) is 0 Å². The van der Waals surface area contributed by atoms with E-state index in [1.165, 1.54) is 6.08 Å². The van der Waals surface area contributed by atoms with Crippen LogP contribution in [0.25, 0.3) is 0 Å². The van der Waals surface area contributed by atoms with Gasteiger partial charge in [0.2, 0.25) is 5.78 Å². The van der Waals surface area contributed by atoms with Crippen LogP contribution in [0.4, 0.5) is 0 Å². The largest absolute Gasteiger partial charge is 0.505 e. The second-order valence-corrected chi connectivity index (χ2v) is 5.56. The van der Waals surface area contributed by atoms with E-state index < -0.39 is 11.7 Å². The first kappa shape index (κ1) is 12.2. The van der Waals surface area contributed by atoms with Crippen LogP contribution in [-0.2, 0) is 9.59 Å². The van der Waals surface area contributed by atoms with E-state index in [0.29, 0.717) is 0 Å². The molecule has 2 bridgehead atoms. The smallest absolute Gasteiger partial charge is 0.207 e. The van der Waals surface area contributed by atoms with Crippen molar-refractivity contribution in [2.24, 2.45) is 17.8 Å². The number of Topliss-reactive ketones (excluding diaryl/α,β-unsaturated/α-hetero) is 2. The predicted molar refractivity (Wildman–Crippen MR) is 70.8 cm³/mol. The summed E-state index contributed by atoms with van der Waals surface area (Å²) in [5.41, 5.74) is 2.14. The third-order valence-corrected chi connectivity index (χ3v) is 4.55. The minimum atomic E-state index is -0.703. The fourth-order valence-electron chi connectivity index (χ4n) is 3.53. The highest BCUT2D eigenvalue weighted by Crippen LogP contribution is 2.50. The minimum Gasteiger partial charge on any atom is -0.505 e. The molecule has 0 spiro atoms. The summed E-state index contributed by atoms with van der Waals surface area (Å²) in [5.74, 6) is -1.79. The number of hydrogen-bond donors (Lipinski definition) is 1. The molecule has 0 saturated heterocycles. The maximum absolute atomic E-state index is 12.3. The third kappa shape index (κ3) is 1.57. The topological polar surface area (TPSA) is 54.4 Å². The highest BCUT2D eigenvalue weighted by atomic mass is 16.3. The van der Waals surface area contributed by atoms with E-state index >= 15 is 0 Å². The van der Waals surface area contributed by atoms with Gasteiger partial charge in [-0.3, -0.25) is 9.59 Å². The Hall–Kier alpha value is -1.90. The molecule has 3 heteroatoms. The van der Waals surface area contributed by atoms with Crippen LogP contribution in [0.5, 0.6) is 0 Å². The number of ketones is 2. The molecule has 98 valence electrons. The molecular formula is C16H16O3. The van der Waals surface area contributed by atoms with Crippen molar-refractivity contribution in [3.8, 4) is 0 Å². The van der Waals surface area contributed by atoms with Gasteiger partial charge in [0, 0.05) is 11.8 Å². The first-order valence-corrected chi connectivity index (χ1v) is 6.56. The number of allylic oxidation sites excluding steroid dienone is 2. The van der Waals surface area contributed by atoms with E-state index in [1.54, 1.807) is 0 Å². The molecule has 0 unspecified atom stereocenters. The van der Waals surface area contributed by atoms with Gasteiger partial charge in [-0.05, 0) is 30.0 Å². The second-order valence-electron chi connectivity index (χ2n) is 5.56. The molecular weight excluding hydrogens is 240 g/mol. The van der Waals surface area contributed by atoms with Crippen LogP contribution in [0.1, 0.15) is 24.0 Å². The third-order valence-electron chi connectivity index (χ3n) is 4.55. The average molecular weight is 256 g/mol. The van der Waals surface area contributed by atoms with Gasteiger partial charge in [0.15, 0.2) is 11.5 Å². The van der Waals surface area contributed by atoms with Gasteiger partial charge in [-0.25, -0.2) is 0 Å². The molecule has 2 aliphatic carbocycles. The van der Waals surface area contributed by atoms with Gasteiger partial charge < -0.3 is 5.11 Å². The summed E-state index contributed by atoms with van der Waals surface area (Å²) >= 11 is 0. The van der Waals surface area contributed by atoms with Gasteiger partial charge in [0.05, 0.1) is 5.92 Å². The van der Waals surface area contributed by atoms with Crippen molar-refractivity contribution in [1.82, 2.24) is 0 Å². The van der Waals surface area contributed by atoms with Crippen molar-refractivity contribution in [3.63, 3.8) is 0 Å². The van der Waals surface area contributed by atoms with Gasteiger partial charge in [-0.1, -0.05) is 31.2 Å². The molecule has 1 fully saturated rings. The van der Waals surface area contributed by atoms with Crippen molar-refractivity contribution in [2.75, 3.05) is 0 Å². The van der Waals surface area contributed by atoms with Crippen LogP contribution in [0.15, 0.2) is 36.1 Å². The lowest BCUT2D eigenvalue weighted by Crippen LogP contribution is -2.30. The van der Waals surface area contributed by atoms with Crippen molar-refractivity contribution in [3.05, 3.63) is 47.2 Å². The Bertz CT molecular complexity index is 600. The fraction of sp³-hybridized carbons (Fsp3) is 0.375. The summed E-state index contributed by atoms with van der Waals surface area (Å²) in [4.78, 5) is 24.4. The maximum Gasteiger partial charge on any atom is 0.207 e. The van der Waals surface area contributed by atoms with Crippen LogP contribution < -0.4 is 0 Å². The molecule has 0 heterocycles. The van der Waals surface area contributed by atoms with Crippen molar-refractivity contribution < 1.29 is 14.7 Å². The highest BCUT2D eigenvalue weighted by molar-refractivity contribution is 6.15. The first-order valence-electron chi connectivity index (χ1n) is 6.56. The molecule has 19 heavy (non-hydrogen) atoms. The van der Waals surface area contributed by atoms with E-state index in [9.17, 15) is 14.7 Å². The first-order chi connectivity index (χ1) is 9.02. The lowest BCUT2D eigenvalue weighted by molar-refractivity contribution is -0.132. The lowest BCUT2D eigenvalue weighted by atomic mass is 9.80. The van der Waals surface area contributed by atoms with Crippen LogP contribution in [0.3, 0.4) is 0 Å². The number of aryl methyl sites for hydroxylation is 1. The molecule has 2 aliphatic rings. The Morgan fingerprint density at radius 2 is 1.84 bits per heavy atom. The van der Waals surface area contributed by atoms with Crippen LogP contribution in [0, 0.1) is 24.7 Å². The zero-order valence-corrected chi connectivity index (χ0v) is 11.0. The van der Waals surface area contributed by atoms with E-state index in [4.69, 9.17) is 0 Å². The van der Waals surface area contributed by atoms with Gasteiger partial charge in [-0.2, -0.15) is 0 Å². The van der Waals surface area contributed by atoms with Gasteiger partial charge in [-0.15, -0.1) is 0 Å². The highest BCUT2D eigenvalue weighted by Gasteiger charge is 2.54. The summed E-state index contributed by atoms with van der Waals surface area (Å²) in [6.45, 7) is 3.98. The van der Waals surface area contributed by atoms with Crippen LogP contribution >= 0.6 is 0 Å². The molecule has 3 nitrogen and oxygen atoms in total. The van der Waals surface area contributed by atoms with Gasteiger partial charge in [0.25, 0.3) is 0 Å². The molecule has 1 N–H and O–H groups in total. The average Bonchev–Trinajstić information content (AvgIpc) is 2.56. The van der Waals surface area contributed by atoms with Crippen LogP contribution in [-0.4, -0.2) is 16.7 Å². The van der Waals surface area contributed by atoms with Gasteiger partial charge in [0.1, 0.15) is 0 Å². The van der Waals surface area contributed by atoms with Crippen molar-refractivity contribution in [1.29, 1.82) is 0 Å². The quantitative estimate of drug-likeness (QED) is 0.786. The number of carbonyl (C=O) groups is 2. The molecule has 0 aliphatic heterocycles. The molecule has 1 saturated carbocycles. The summed E-state index contributed by atoms with van der Waals surface area (Å²) in [7, 11) is 0.